The number of fused-ring (bicyclic) bond motifs is 10. The topological polar surface area (TPSA) is 31.2 Å². The van der Waals surface area contributed by atoms with Gasteiger partial charge in [0.05, 0.1) is 10.9 Å². The molecule has 0 spiro atoms. The molecule has 4 heteroatoms. The van der Waals surface area contributed by atoms with E-state index in [2.05, 4.69) is 114 Å². The second-order valence-corrected chi connectivity index (χ2v) is 11.6. The molecule has 0 fully saturated rings. The summed E-state index contributed by atoms with van der Waals surface area (Å²) in [5.74, 6) is 1.01. The van der Waals surface area contributed by atoms with Gasteiger partial charge in [-0.05, 0) is 85.2 Å². The predicted octanol–water partition coefficient (Wildman–Crippen LogP) is 13.1. The first kappa shape index (κ1) is 32.4. The highest BCUT2D eigenvalue weighted by atomic mass is 32.1. The Morgan fingerprint density at radius 2 is 1.57 bits per heavy atom. The first-order valence-corrected chi connectivity index (χ1v) is 18.3. The van der Waals surface area contributed by atoms with E-state index in [-0.39, 0.29) is 0 Å². The van der Waals surface area contributed by atoms with E-state index in [4.69, 9.17) is 8.83 Å². The normalized spacial score (nSPS) is 13.8. The van der Waals surface area contributed by atoms with Gasteiger partial charge in [0.15, 0.2) is 0 Å². The first-order valence-electron chi connectivity index (χ1n) is 17.4. The Balaban J connectivity index is 0.000000600. The number of allylic oxidation sites excluding steroid dienone is 6. The minimum Gasteiger partial charge on any atom is -0.455 e. The van der Waals surface area contributed by atoms with Crippen LogP contribution in [-0.4, -0.2) is 10.8 Å². The zero-order valence-corrected chi connectivity index (χ0v) is 29.7. The minimum atomic E-state index is 0.895. The van der Waals surface area contributed by atoms with Crippen LogP contribution in [0.15, 0.2) is 129 Å². The second kappa shape index (κ2) is 13.8. The summed E-state index contributed by atoms with van der Waals surface area (Å²) in [7, 11) is 0. The van der Waals surface area contributed by atoms with Crippen LogP contribution in [0.3, 0.4) is 0 Å². The van der Waals surface area contributed by atoms with Crippen LogP contribution in [0.2, 0.25) is 0 Å². The van der Waals surface area contributed by atoms with Crippen LogP contribution in [0.1, 0.15) is 56.7 Å². The minimum absolute atomic E-state index is 0.895. The molecule has 0 aliphatic heterocycles. The van der Waals surface area contributed by atoms with E-state index in [9.17, 15) is 0 Å². The molecule has 3 aromatic heterocycles. The van der Waals surface area contributed by atoms with E-state index >= 15 is 0 Å². The van der Waals surface area contributed by atoms with Crippen molar-refractivity contribution in [1.82, 2.24) is 4.57 Å². The molecule has 0 unspecified atom stereocenters. The van der Waals surface area contributed by atoms with Gasteiger partial charge in [0.25, 0.3) is 0 Å². The van der Waals surface area contributed by atoms with Crippen molar-refractivity contribution in [2.75, 3.05) is 6.26 Å². The van der Waals surface area contributed by atoms with Crippen LogP contribution in [0, 0.1) is 0 Å². The van der Waals surface area contributed by atoms with Crippen molar-refractivity contribution in [2.24, 2.45) is 0 Å². The molecule has 0 saturated carbocycles. The molecule has 10 rings (SSSR count). The van der Waals surface area contributed by atoms with Crippen LogP contribution in [-0.2, 0) is 12.8 Å². The quantitative estimate of drug-likeness (QED) is 0.151. The van der Waals surface area contributed by atoms with E-state index in [1.165, 1.54) is 44.3 Å². The highest BCUT2D eigenvalue weighted by molar-refractivity contribution is 7.79. The maximum atomic E-state index is 6.78. The first-order chi connectivity index (χ1) is 24.3. The summed E-state index contributed by atoms with van der Waals surface area (Å²) in [6, 6.07) is 28.2. The third-order valence-corrected chi connectivity index (χ3v) is 9.37. The number of aromatic nitrogens is 1. The van der Waals surface area contributed by atoms with E-state index in [1.54, 1.807) is 6.26 Å². The number of rotatable bonds is 3. The van der Waals surface area contributed by atoms with Gasteiger partial charge in [0.1, 0.15) is 22.5 Å². The fourth-order valence-electron chi connectivity index (χ4n) is 7.42. The number of hydrogen-bond donors (Lipinski definition) is 1. The molecule has 0 radical (unpaired) electrons. The standard InChI is InChI=1S/C40H25NO2.2C2H6.CH4S/c1-2-9-24(8-1)28-20-21-31-32-22-23-35-37(40(32)43-39(28)31)33-11-3-5-14-34(33)41(35)26-18-16-25(17-19-26)27-12-7-13-30-29-10-4-6-15-36(29)42-38(27)30;3*1-2/h1,3-4,6-13,15-20,22-23H,5,14,21H2;2*1-2H3;2H,1H3. The molecule has 0 saturated heterocycles. The highest BCUT2D eigenvalue weighted by Gasteiger charge is 2.28. The van der Waals surface area contributed by atoms with E-state index in [1.807, 2.05) is 52.0 Å². The average molecular weight is 660 g/mol. The zero-order chi connectivity index (χ0) is 34.1. The van der Waals surface area contributed by atoms with E-state index in [0.717, 1.165) is 69.4 Å². The number of furan rings is 2. The Kier molecular flexibility index (Phi) is 9.10. The molecular formula is C45H41NO2S. The van der Waals surface area contributed by atoms with Gasteiger partial charge in [-0.2, -0.15) is 12.6 Å². The van der Waals surface area contributed by atoms with Gasteiger partial charge in [-0.15, -0.1) is 5.73 Å². The van der Waals surface area contributed by atoms with Crippen LogP contribution in [0.5, 0.6) is 0 Å². The van der Waals surface area contributed by atoms with Crippen LogP contribution >= 0.6 is 12.6 Å². The molecule has 0 bridgehead atoms. The lowest BCUT2D eigenvalue weighted by atomic mass is 10.00. The third kappa shape index (κ3) is 5.15. The fourth-order valence-corrected chi connectivity index (χ4v) is 7.42. The zero-order valence-electron chi connectivity index (χ0n) is 28.8. The Morgan fingerprint density at radius 1 is 0.776 bits per heavy atom. The molecule has 49 heavy (non-hydrogen) atoms. The number of para-hydroxylation sites is 2. The molecule has 7 aromatic rings. The van der Waals surface area contributed by atoms with Gasteiger partial charge < -0.3 is 13.4 Å². The second-order valence-electron chi connectivity index (χ2n) is 11.6. The van der Waals surface area contributed by atoms with Crippen molar-refractivity contribution < 1.29 is 8.83 Å². The third-order valence-electron chi connectivity index (χ3n) is 9.37. The van der Waals surface area contributed by atoms with E-state index in [0.29, 0.717) is 0 Å². The van der Waals surface area contributed by atoms with Crippen molar-refractivity contribution in [1.29, 1.82) is 0 Å². The van der Waals surface area contributed by atoms with Crippen molar-refractivity contribution in [3.05, 3.63) is 143 Å². The summed E-state index contributed by atoms with van der Waals surface area (Å²) in [6.45, 7) is 8.00. The molecular weight excluding hydrogens is 619 g/mol. The maximum absolute atomic E-state index is 6.78. The van der Waals surface area contributed by atoms with Crippen LogP contribution in [0.4, 0.5) is 0 Å². The van der Waals surface area contributed by atoms with E-state index < -0.39 is 0 Å². The van der Waals surface area contributed by atoms with Crippen LogP contribution < -0.4 is 0 Å². The summed E-state index contributed by atoms with van der Waals surface area (Å²) in [6.07, 6.45) is 17.6. The molecule has 0 amide bonds. The Morgan fingerprint density at radius 3 is 2.37 bits per heavy atom. The Hall–Kier alpha value is -5.15. The monoisotopic (exact) mass is 659 g/mol. The van der Waals surface area contributed by atoms with Crippen LogP contribution in [0.25, 0.3) is 72.3 Å². The lowest BCUT2D eigenvalue weighted by Gasteiger charge is -2.14. The average Bonchev–Trinajstić information content (AvgIpc) is 4.01. The van der Waals surface area contributed by atoms with Gasteiger partial charge in [-0.3, -0.25) is 0 Å². The fraction of sp³-hybridized carbons (Fsp3) is 0.178. The summed E-state index contributed by atoms with van der Waals surface area (Å²) in [5, 5.41) is 4.73. The number of nitrogens with zero attached hydrogens (tertiary/aromatic N) is 1. The SMILES string of the molecule is C1=CC=C(C2=CCc3c2oc2c3ccc3c2c2c(n3-c3ccc(-c4cccc5c4oc4ccccc45)cc3)CCC=C2)C=1.CC.CC.CS. The maximum Gasteiger partial charge on any atom is 0.145 e. The van der Waals surface area contributed by atoms with Gasteiger partial charge in [-0.25, -0.2) is 0 Å². The molecule has 0 N–H and O–H groups in total. The number of hydrogen-bond acceptors (Lipinski definition) is 3. The van der Waals surface area contributed by atoms with Gasteiger partial charge in [-0.1, -0.05) is 94.5 Å². The summed E-state index contributed by atoms with van der Waals surface area (Å²) in [4.78, 5) is 0. The summed E-state index contributed by atoms with van der Waals surface area (Å²) in [5.41, 5.74) is 16.9. The number of benzene rings is 4. The Labute approximate surface area is 293 Å². The van der Waals surface area contributed by atoms with Crippen molar-refractivity contribution in [3.63, 3.8) is 0 Å². The lowest BCUT2D eigenvalue weighted by molar-refractivity contribution is 0.602. The summed E-state index contributed by atoms with van der Waals surface area (Å²) < 4.78 is 15.6. The predicted molar refractivity (Wildman–Crippen MR) is 213 cm³/mol. The molecule has 3 heterocycles. The molecule has 3 aliphatic carbocycles. The summed E-state index contributed by atoms with van der Waals surface area (Å²) >= 11 is 3.53. The van der Waals surface area contributed by atoms with Crippen molar-refractivity contribution >= 4 is 68.1 Å². The molecule has 3 nitrogen and oxygen atoms in total. The van der Waals surface area contributed by atoms with Crippen molar-refractivity contribution in [2.45, 2.75) is 47.0 Å². The van der Waals surface area contributed by atoms with Gasteiger partial charge >= 0.3 is 0 Å². The smallest absolute Gasteiger partial charge is 0.145 e. The molecule has 0 atom stereocenters. The largest absolute Gasteiger partial charge is 0.455 e. The lowest BCUT2D eigenvalue weighted by Crippen LogP contribution is -2.02. The highest BCUT2D eigenvalue weighted by Crippen LogP contribution is 2.45. The number of thiol groups is 1. The molecule has 3 aliphatic rings. The van der Waals surface area contributed by atoms with Gasteiger partial charge in [0, 0.05) is 49.8 Å². The van der Waals surface area contributed by atoms with Crippen molar-refractivity contribution in [3.8, 4) is 16.8 Å². The molecule has 244 valence electrons. The molecule has 4 aromatic carbocycles. The van der Waals surface area contributed by atoms with Gasteiger partial charge in [0.2, 0.25) is 0 Å². The Bertz CT molecular complexity index is 2500.